The van der Waals surface area contributed by atoms with Crippen LogP contribution in [0.5, 0.6) is 0 Å². The quantitative estimate of drug-likeness (QED) is 0.574. The highest BCUT2D eigenvalue weighted by Gasteiger charge is 2.12. The summed E-state index contributed by atoms with van der Waals surface area (Å²) in [5.74, 6) is -0.624. The molecule has 0 unspecified atom stereocenters. The number of H-pyrrole nitrogens is 1. The second-order valence-electron chi connectivity index (χ2n) is 5.61. The van der Waals surface area contributed by atoms with Gasteiger partial charge in [0, 0.05) is 24.2 Å². The van der Waals surface area contributed by atoms with Crippen molar-refractivity contribution in [2.45, 2.75) is 19.4 Å². The molecule has 0 atom stereocenters. The number of amides is 2. The van der Waals surface area contributed by atoms with E-state index in [0.717, 1.165) is 5.69 Å². The SMILES string of the molecule is O=C(CCc1csc(NC(=O)c2ccc[nH]c2=O)n1)NCc1ccccn1. The number of nitrogens with zero attached hydrogens (tertiary/aromatic N) is 2. The van der Waals surface area contributed by atoms with Gasteiger partial charge in [0.05, 0.1) is 17.9 Å². The Morgan fingerprint density at radius 1 is 1.15 bits per heavy atom. The summed E-state index contributed by atoms with van der Waals surface area (Å²) in [7, 11) is 0. The highest BCUT2D eigenvalue weighted by atomic mass is 32.1. The standard InChI is InChI=1S/C18H17N5O3S/c24-15(21-10-12-4-1-2-8-19-12)7-6-13-11-27-18(22-13)23-17(26)14-5-3-9-20-16(14)25/h1-5,8-9,11H,6-7,10H2,(H,20,25)(H,21,24)(H,22,23,26). The number of pyridine rings is 2. The number of rotatable bonds is 7. The van der Waals surface area contributed by atoms with Crippen LogP contribution in [0.25, 0.3) is 0 Å². The van der Waals surface area contributed by atoms with E-state index in [1.807, 2.05) is 18.2 Å². The molecule has 0 aromatic carbocycles. The highest BCUT2D eigenvalue weighted by molar-refractivity contribution is 7.14. The Balaban J connectivity index is 1.48. The molecule has 8 nitrogen and oxygen atoms in total. The van der Waals surface area contributed by atoms with Crippen LogP contribution < -0.4 is 16.2 Å². The smallest absolute Gasteiger partial charge is 0.263 e. The van der Waals surface area contributed by atoms with Gasteiger partial charge in [0.25, 0.3) is 11.5 Å². The molecule has 3 aromatic rings. The first kappa shape index (κ1) is 18.5. The maximum absolute atomic E-state index is 12.1. The summed E-state index contributed by atoms with van der Waals surface area (Å²) >= 11 is 1.24. The summed E-state index contributed by atoms with van der Waals surface area (Å²) in [5, 5.41) is 7.55. The minimum absolute atomic E-state index is 0.0168. The molecule has 3 rings (SSSR count). The first-order valence-electron chi connectivity index (χ1n) is 8.22. The van der Waals surface area contributed by atoms with Crippen molar-refractivity contribution in [2.75, 3.05) is 5.32 Å². The fourth-order valence-corrected chi connectivity index (χ4v) is 3.01. The number of hydrogen-bond donors (Lipinski definition) is 3. The Morgan fingerprint density at radius 3 is 2.81 bits per heavy atom. The molecule has 3 aromatic heterocycles. The molecule has 0 saturated heterocycles. The zero-order valence-corrected chi connectivity index (χ0v) is 15.1. The summed E-state index contributed by atoms with van der Waals surface area (Å²) in [4.78, 5) is 46.5. The topological polar surface area (TPSA) is 117 Å². The summed E-state index contributed by atoms with van der Waals surface area (Å²) in [6, 6.07) is 8.54. The maximum atomic E-state index is 12.1. The van der Waals surface area contributed by atoms with Gasteiger partial charge in [0.1, 0.15) is 5.56 Å². The minimum atomic E-state index is -0.522. The van der Waals surface area contributed by atoms with E-state index in [2.05, 4.69) is 25.6 Å². The summed E-state index contributed by atoms with van der Waals surface area (Å²) in [6.07, 6.45) is 3.87. The Hall–Kier alpha value is -3.33. The first-order valence-corrected chi connectivity index (χ1v) is 9.10. The number of thiazole rings is 1. The molecule has 9 heteroatoms. The van der Waals surface area contributed by atoms with Gasteiger partial charge < -0.3 is 10.3 Å². The van der Waals surface area contributed by atoms with Crippen molar-refractivity contribution in [1.82, 2.24) is 20.3 Å². The van der Waals surface area contributed by atoms with Crippen molar-refractivity contribution in [1.29, 1.82) is 0 Å². The minimum Gasteiger partial charge on any atom is -0.350 e. The third-order valence-electron chi connectivity index (χ3n) is 3.64. The van der Waals surface area contributed by atoms with E-state index in [-0.39, 0.29) is 17.9 Å². The molecule has 0 spiro atoms. The molecule has 0 aliphatic carbocycles. The number of aromatic nitrogens is 3. The lowest BCUT2D eigenvalue weighted by Crippen LogP contribution is -2.23. The first-order chi connectivity index (χ1) is 13.1. The van der Waals surface area contributed by atoms with Crippen molar-refractivity contribution in [3.8, 4) is 0 Å². The number of carbonyl (C=O) groups is 2. The van der Waals surface area contributed by atoms with Crippen molar-refractivity contribution < 1.29 is 9.59 Å². The van der Waals surface area contributed by atoms with Gasteiger partial charge >= 0.3 is 0 Å². The van der Waals surface area contributed by atoms with Gasteiger partial charge in [-0.15, -0.1) is 11.3 Å². The number of hydrogen-bond acceptors (Lipinski definition) is 6. The van der Waals surface area contributed by atoms with E-state index >= 15 is 0 Å². The van der Waals surface area contributed by atoms with Gasteiger partial charge in [-0.3, -0.25) is 24.7 Å². The number of anilines is 1. The molecular formula is C18H17N5O3S. The van der Waals surface area contributed by atoms with Crippen LogP contribution in [0, 0.1) is 0 Å². The number of aryl methyl sites for hydroxylation is 1. The van der Waals surface area contributed by atoms with E-state index in [1.54, 1.807) is 17.6 Å². The molecule has 3 heterocycles. The van der Waals surface area contributed by atoms with E-state index in [4.69, 9.17) is 0 Å². The van der Waals surface area contributed by atoms with Gasteiger partial charge in [-0.25, -0.2) is 4.98 Å². The van der Waals surface area contributed by atoms with Gasteiger partial charge in [-0.1, -0.05) is 6.07 Å². The normalized spacial score (nSPS) is 10.4. The average Bonchev–Trinajstić information content (AvgIpc) is 3.13. The van der Waals surface area contributed by atoms with E-state index < -0.39 is 11.5 Å². The molecule has 0 saturated carbocycles. The summed E-state index contributed by atoms with van der Waals surface area (Å²) in [6.45, 7) is 0.379. The molecule has 0 radical (unpaired) electrons. The predicted octanol–water partition coefficient (Wildman–Crippen LogP) is 1.73. The van der Waals surface area contributed by atoms with Crippen molar-refractivity contribution in [3.63, 3.8) is 0 Å². The van der Waals surface area contributed by atoms with Crippen LogP contribution in [0.2, 0.25) is 0 Å². The number of carbonyl (C=O) groups excluding carboxylic acids is 2. The lowest BCUT2D eigenvalue weighted by atomic mass is 10.2. The van der Waals surface area contributed by atoms with Crippen LogP contribution in [0.4, 0.5) is 5.13 Å². The van der Waals surface area contributed by atoms with Crippen molar-refractivity contribution in [2.24, 2.45) is 0 Å². The second-order valence-corrected chi connectivity index (χ2v) is 6.47. The molecule has 3 N–H and O–H groups in total. The van der Waals surface area contributed by atoms with Crippen molar-refractivity contribution >= 4 is 28.3 Å². The van der Waals surface area contributed by atoms with Crippen LogP contribution in [-0.2, 0) is 17.8 Å². The van der Waals surface area contributed by atoms with Gasteiger partial charge in [-0.05, 0) is 30.7 Å². The molecule has 0 aliphatic heterocycles. The third kappa shape index (κ3) is 5.32. The van der Waals surface area contributed by atoms with Gasteiger partial charge in [-0.2, -0.15) is 0 Å². The van der Waals surface area contributed by atoms with Crippen LogP contribution in [0.3, 0.4) is 0 Å². The molecule has 138 valence electrons. The van der Waals surface area contributed by atoms with Crippen molar-refractivity contribution in [3.05, 3.63) is 75.4 Å². The molecular weight excluding hydrogens is 366 g/mol. The van der Waals surface area contributed by atoms with Crippen LogP contribution in [0.15, 0.2) is 52.9 Å². The summed E-state index contributed by atoms with van der Waals surface area (Å²) < 4.78 is 0. The van der Waals surface area contributed by atoms with E-state index in [9.17, 15) is 14.4 Å². The Labute approximate surface area is 158 Å². The van der Waals surface area contributed by atoms with E-state index in [1.165, 1.54) is 23.6 Å². The van der Waals surface area contributed by atoms with E-state index in [0.29, 0.717) is 23.8 Å². The lowest BCUT2D eigenvalue weighted by Gasteiger charge is -2.03. The fraction of sp³-hybridized carbons (Fsp3) is 0.167. The second kappa shape index (κ2) is 8.86. The monoisotopic (exact) mass is 383 g/mol. The molecule has 0 aliphatic rings. The van der Waals surface area contributed by atoms with Crippen LogP contribution >= 0.6 is 11.3 Å². The zero-order valence-electron chi connectivity index (χ0n) is 14.3. The van der Waals surface area contributed by atoms with Gasteiger partial charge in [0.15, 0.2) is 5.13 Å². The summed E-state index contributed by atoms with van der Waals surface area (Å²) in [5.41, 5.74) is 1.05. The average molecular weight is 383 g/mol. The zero-order chi connectivity index (χ0) is 19.1. The Bertz CT molecular complexity index is 984. The Morgan fingerprint density at radius 2 is 2.04 bits per heavy atom. The van der Waals surface area contributed by atoms with Crippen LogP contribution in [0.1, 0.15) is 28.2 Å². The Kier molecular flexibility index (Phi) is 6.06. The predicted molar refractivity (Wildman–Crippen MR) is 102 cm³/mol. The number of aromatic amines is 1. The highest BCUT2D eigenvalue weighted by Crippen LogP contribution is 2.17. The molecule has 0 bridgehead atoms. The molecule has 2 amide bonds. The third-order valence-corrected chi connectivity index (χ3v) is 4.44. The lowest BCUT2D eigenvalue weighted by molar-refractivity contribution is -0.121. The van der Waals surface area contributed by atoms with Gasteiger partial charge in [0.2, 0.25) is 5.91 Å². The van der Waals surface area contributed by atoms with Crippen LogP contribution in [-0.4, -0.2) is 26.8 Å². The maximum Gasteiger partial charge on any atom is 0.263 e. The number of nitrogens with one attached hydrogen (secondary N) is 3. The molecule has 0 fully saturated rings. The molecule has 27 heavy (non-hydrogen) atoms. The fourth-order valence-electron chi connectivity index (χ4n) is 2.27. The largest absolute Gasteiger partial charge is 0.350 e.